The highest BCUT2D eigenvalue weighted by atomic mass is 16.6. The normalized spacial score (nSPS) is 15.0. The lowest BCUT2D eigenvalue weighted by Gasteiger charge is -2.24. The lowest BCUT2D eigenvalue weighted by atomic mass is 10.1. The predicted octanol–water partition coefficient (Wildman–Crippen LogP) is 1.48. The van der Waals surface area contributed by atoms with Gasteiger partial charge in [0, 0.05) is 33.9 Å². The molecule has 0 bridgehead atoms. The number of benzene rings is 1. The van der Waals surface area contributed by atoms with Gasteiger partial charge in [0.25, 0.3) is 0 Å². The summed E-state index contributed by atoms with van der Waals surface area (Å²) in [6, 6.07) is 5.63. The minimum absolute atomic E-state index is 0.529. The summed E-state index contributed by atoms with van der Waals surface area (Å²) in [4.78, 5) is 2.23. The van der Waals surface area contributed by atoms with Crippen LogP contribution >= 0.6 is 0 Å². The molecule has 1 unspecified atom stereocenters. The molecule has 0 saturated heterocycles. The number of aliphatic hydroxyl groups excluding tert-OH is 1. The van der Waals surface area contributed by atoms with E-state index in [1.54, 1.807) is 14.2 Å². The molecule has 0 spiro atoms. The van der Waals surface area contributed by atoms with E-state index in [-0.39, 0.29) is 0 Å². The van der Waals surface area contributed by atoms with Gasteiger partial charge in [0.05, 0.1) is 19.3 Å². The van der Waals surface area contributed by atoms with E-state index in [0.717, 1.165) is 30.9 Å². The second kappa shape index (κ2) is 9.72. The molecule has 0 aromatic heterocycles. The highest BCUT2D eigenvalue weighted by Gasteiger charge is 2.16. The van der Waals surface area contributed by atoms with Crippen molar-refractivity contribution in [2.45, 2.75) is 12.5 Å². The highest BCUT2D eigenvalue weighted by molar-refractivity contribution is 5.44. The zero-order valence-corrected chi connectivity index (χ0v) is 14.0. The molecule has 0 radical (unpaired) electrons. The number of methoxy groups -OCH3 is 2. The number of hydrogen-bond donors (Lipinski definition) is 1. The van der Waals surface area contributed by atoms with E-state index in [1.165, 1.54) is 0 Å². The van der Waals surface area contributed by atoms with Crippen molar-refractivity contribution in [3.8, 4) is 11.5 Å². The first kappa shape index (κ1) is 18.0. The van der Waals surface area contributed by atoms with Crippen LogP contribution in [0, 0.1) is 0 Å². The fourth-order valence-corrected chi connectivity index (χ4v) is 2.51. The van der Waals surface area contributed by atoms with Crippen molar-refractivity contribution < 1.29 is 24.1 Å². The Hall–Kier alpha value is -1.34. The Kier molecular flexibility index (Phi) is 7.61. The molecule has 1 atom stereocenters. The van der Waals surface area contributed by atoms with Gasteiger partial charge in [0.2, 0.25) is 0 Å². The molecule has 0 amide bonds. The van der Waals surface area contributed by atoms with Crippen LogP contribution in [0.3, 0.4) is 0 Å². The molecule has 1 aliphatic heterocycles. The van der Waals surface area contributed by atoms with Gasteiger partial charge < -0.3 is 24.1 Å². The Morgan fingerprint density at radius 3 is 2.35 bits per heavy atom. The van der Waals surface area contributed by atoms with Gasteiger partial charge in [-0.05, 0) is 24.1 Å². The number of hydrogen-bond acceptors (Lipinski definition) is 6. The molecule has 1 N–H and O–H groups in total. The molecule has 23 heavy (non-hydrogen) atoms. The summed E-state index contributed by atoms with van der Waals surface area (Å²) in [6.45, 7) is 4.90. The Labute approximate surface area is 137 Å². The molecule has 0 saturated carbocycles. The van der Waals surface area contributed by atoms with E-state index in [1.807, 2.05) is 18.2 Å². The van der Waals surface area contributed by atoms with Crippen molar-refractivity contribution in [2.75, 3.05) is 60.3 Å². The summed E-state index contributed by atoms with van der Waals surface area (Å²) in [5, 5.41) is 10.4. The maximum Gasteiger partial charge on any atom is 0.161 e. The molecule has 0 fully saturated rings. The SMILES string of the molecule is COCCN(CCOC)CCC(O)c1ccc2c(c1)OCCO2. The number of fused-ring (bicyclic) bond motifs is 1. The summed E-state index contributed by atoms with van der Waals surface area (Å²) >= 11 is 0. The topological polar surface area (TPSA) is 60.4 Å². The number of aliphatic hydroxyl groups is 1. The fraction of sp³-hybridized carbons (Fsp3) is 0.647. The smallest absolute Gasteiger partial charge is 0.161 e. The van der Waals surface area contributed by atoms with E-state index < -0.39 is 6.10 Å². The number of nitrogens with zero attached hydrogens (tertiary/aromatic N) is 1. The van der Waals surface area contributed by atoms with Crippen LogP contribution in [0.4, 0.5) is 0 Å². The second-order valence-corrected chi connectivity index (χ2v) is 5.53. The molecule has 1 heterocycles. The highest BCUT2D eigenvalue weighted by Crippen LogP contribution is 2.33. The lowest BCUT2D eigenvalue weighted by Crippen LogP contribution is -2.32. The molecule has 6 heteroatoms. The van der Waals surface area contributed by atoms with Crippen molar-refractivity contribution in [2.24, 2.45) is 0 Å². The molecule has 2 rings (SSSR count). The Morgan fingerprint density at radius 1 is 1.04 bits per heavy atom. The van der Waals surface area contributed by atoms with Crippen LogP contribution in [0.2, 0.25) is 0 Å². The maximum atomic E-state index is 10.4. The Balaban J connectivity index is 1.87. The molecule has 6 nitrogen and oxygen atoms in total. The van der Waals surface area contributed by atoms with E-state index in [0.29, 0.717) is 38.6 Å². The van der Waals surface area contributed by atoms with Crippen LogP contribution in [0.25, 0.3) is 0 Å². The van der Waals surface area contributed by atoms with E-state index in [2.05, 4.69) is 4.90 Å². The van der Waals surface area contributed by atoms with Crippen LogP contribution in [0.5, 0.6) is 11.5 Å². The van der Waals surface area contributed by atoms with Gasteiger partial charge in [-0.2, -0.15) is 0 Å². The van der Waals surface area contributed by atoms with Gasteiger partial charge in [0.1, 0.15) is 13.2 Å². The zero-order valence-electron chi connectivity index (χ0n) is 14.0. The number of rotatable bonds is 10. The molecule has 0 aliphatic carbocycles. The van der Waals surface area contributed by atoms with Gasteiger partial charge in [-0.3, -0.25) is 4.90 Å². The fourth-order valence-electron chi connectivity index (χ4n) is 2.51. The zero-order chi connectivity index (χ0) is 16.5. The minimum atomic E-state index is -0.529. The van der Waals surface area contributed by atoms with E-state index in [9.17, 15) is 5.11 Å². The van der Waals surface area contributed by atoms with Crippen LogP contribution in [0.1, 0.15) is 18.1 Å². The van der Waals surface area contributed by atoms with Gasteiger partial charge in [-0.25, -0.2) is 0 Å². The molecule has 1 aliphatic rings. The summed E-state index contributed by atoms with van der Waals surface area (Å²) < 4.78 is 21.3. The van der Waals surface area contributed by atoms with Crippen LogP contribution in [0.15, 0.2) is 18.2 Å². The number of ether oxygens (including phenoxy) is 4. The molecule has 1 aromatic carbocycles. The van der Waals surface area contributed by atoms with Crippen LogP contribution in [-0.4, -0.2) is 70.3 Å². The summed E-state index contributed by atoms with van der Waals surface area (Å²) in [5.41, 5.74) is 0.854. The third-order valence-electron chi connectivity index (χ3n) is 3.89. The van der Waals surface area contributed by atoms with Crippen molar-refractivity contribution in [1.82, 2.24) is 4.90 Å². The van der Waals surface area contributed by atoms with Gasteiger partial charge in [-0.15, -0.1) is 0 Å². The predicted molar refractivity (Wildman–Crippen MR) is 87.2 cm³/mol. The summed E-state index contributed by atoms with van der Waals surface area (Å²) in [6.07, 6.45) is 0.117. The van der Waals surface area contributed by atoms with Gasteiger partial charge >= 0.3 is 0 Å². The largest absolute Gasteiger partial charge is 0.486 e. The van der Waals surface area contributed by atoms with Gasteiger partial charge in [0.15, 0.2) is 11.5 Å². The first-order chi connectivity index (χ1) is 11.2. The van der Waals surface area contributed by atoms with Crippen molar-refractivity contribution in [1.29, 1.82) is 0 Å². The average molecular weight is 325 g/mol. The van der Waals surface area contributed by atoms with Crippen molar-refractivity contribution in [3.63, 3.8) is 0 Å². The Bertz CT molecular complexity index is 460. The van der Waals surface area contributed by atoms with Crippen LogP contribution < -0.4 is 9.47 Å². The Morgan fingerprint density at radius 2 is 1.70 bits per heavy atom. The molecular weight excluding hydrogens is 298 g/mol. The standard InChI is InChI=1S/C17H27NO5/c1-20-9-7-18(8-10-21-2)6-5-15(19)14-3-4-16-17(13-14)23-12-11-22-16/h3-4,13,15,19H,5-12H2,1-2H3. The van der Waals surface area contributed by atoms with Crippen molar-refractivity contribution >= 4 is 0 Å². The van der Waals surface area contributed by atoms with E-state index in [4.69, 9.17) is 18.9 Å². The lowest BCUT2D eigenvalue weighted by molar-refractivity contribution is 0.0942. The average Bonchev–Trinajstić information content (AvgIpc) is 2.60. The summed E-state index contributed by atoms with van der Waals surface area (Å²) in [5.74, 6) is 1.46. The molecule has 130 valence electrons. The monoisotopic (exact) mass is 325 g/mol. The van der Waals surface area contributed by atoms with Crippen molar-refractivity contribution in [3.05, 3.63) is 23.8 Å². The van der Waals surface area contributed by atoms with E-state index >= 15 is 0 Å². The minimum Gasteiger partial charge on any atom is -0.486 e. The third kappa shape index (κ3) is 5.66. The maximum absolute atomic E-state index is 10.4. The third-order valence-corrected chi connectivity index (χ3v) is 3.89. The quantitative estimate of drug-likeness (QED) is 0.703. The summed E-state index contributed by atoms with van der Waals surface area (Å²) in [7, 11) is 3.39. The van der Waals surface area contributed by atoms with Gasteiger partial charge in [-0.1, -0.05) is 6.07 Å². The first-order valence-electron chi connectivity index (χ1n) is 8.02. The molecule has 1 aromatic rings. The van der Waals surface area contributed by atoms with Crippen LogP contribution in [-0.2, 0) is 9.47 Å². The second-order valence-electron chi connectivity index (χ2n) is 5.53. The first-order valence-corrected chi connectivity index (χ1v) is 8.02. The molecular formula is C17H27NO5.